The molecule has 0 heterocycles. The monoisotopic (exact) mass is 521 g/mol. The summed E-state index contributed by atoms with van der Waals surface area (Å²) in [4.78, 5) is 22.4. The van der Waals surface area contributed by atoms with Crippen LogP contribution in [0.3, 0.4) is 0 Å². The van der Waals surface area contributed by atoms with E-state index in [4.69, 9.17) is 26.6 Å². The lowest BCUT2D eigenvalue weighted by molar-refractivity contribution is -0.192. The molecule has 0 amide bonds. The molecule has 2 N–H and O–H groups in total. The summed E-state index contributed by atoms with van der Waals surface area (Å²) < 4.78 is 31.7. The fraction of sp³-hybridized carbons (Fsp3) is 0.259. The Balaban J connectivity index is 0.000000572. The molecule has 192 valence electrons. The number of aliphatic carboxylic acids is 1. The maximum Gasteiger partial charge on any atom is 0.490 e. The van der Waals surface area contributed by atoms with Gasteiger partial charge in [-0.15, -0.1) is 0 Å². The summed E-state index contributed by atoms with van der Waals surface area (Å²) in [5, 5.41) is 16.9. The molecular formula is C27H27ClF3NO4. The van der Waals surface area contributed by atoms with E-state index in [1.165, 1.54) is 24.0 Å². The largest absolute Gasteiger partial charge is 0.490 e. The van der Waals surface area contributed by atoms with Gasteiger partial charge in [-0.2, -0.15) is 13.2 Å². The predicted octanol–water partition coefficient (Wildman–Crippen LogP) is 7.14. The van der Waals surface area contributed by atoms with Gasteiger partial charge < -0.3 is 10.2 Å². The zero-order valence-corrected chi connectivity index (χ0v) is 20.4. The van der Waals surface area contributed by atoms with Crippen LogP contribution in [0.25, 0.3) is 11.1 Å². The molecule has 0 aliphatic rings. The third-order valence-corrected chi connectivity index (χ3v) is 5.47. The van der Waals surface area contributed by atoms with Crippen LogP contribution in [0, 0.1) is 0 Å². The van der Waals surface area contributed by atoms with Gasteiger partial charge in [0, 0.05) is 18.1 Å². The number of benzene rings is 3. The van der Waals surface area contributed by atoms with Crippen molar-refractivity contribution in [3.05, 3.63) is 94.5 Å². The molecule has 0 bridgehead atoms. The highest BCUT2D eigenvalue weighted by Crippen LogP contribution is 2.22. The fourth-order valence-corrected chi connectivity index (χ4v) is 3.44. The van der Waals surface area contributed by atoms with Gasteiger partial charge in [0.15, 0.2) is 0 Å². The molecule has 0 aliphatic heterocycles. The first-order valence-corrected chi connectivity index (χ1v) is 11.6. The van der Waals surface area contributed by atoms with Crippen molar-refractivity contribution < 1.29 is 33.0 Å². The quantitative estimate of drug-likeness (QED) is 0.313. The van der Waals surface area contributed by atoms with Gasteiger partial charge in [0.2, 0.25) is 0 Å². The highest BCUT2D eigenvalue weighted by Gasteiger charge is 2.38. The molecular weight excluding hydrogens is 495 g/mol. The van der Waals surface area contributed by atoms with Crippen LogP contribution in [0.15, 0.2) is 72.8 Å². The zero-order chi connectivity index (χ0) is 26.7. The topological polar surface area (TPSA) is 77.8 Å². The number of hydrogen-bond acceptors (Lipinski definition) is 3. The second-order valence-corrected chi connectivity index (χ2v) is 8.51. The highest BCUT2D eigenvalue weighted by atomic mass is 35.5. The van der Waals surface area contributed by atoms with Crippen molar-refractivity contribution in [3.8, 4) is 11.1 Å². The molecule has 9 heteroatoms. The van der Waals surface area contributed by atoms with Crippen LogP contribution in [0.2, 0.25) is 5.02 Å². The summed E-state index contributed by atoms with van der Waals surface area (Å²) in [7, 11) is 0. The number of rotatable bonds is 9. The molecule has 3 aromatic rings. The van der Waals surface area contributed by atoms with Crippen LogP contribution in [0.5, 0.6) is 0 Å². The molecule has 0 radical (unpaired) electrons. The fourth-order valence-electron chi connectivity index (χ4n) is 3.31. The standard InChI is InChI=1S/C25H26ClNO2.C2HF3O2/c1-2-3-16-27(18-20-6-14-24(26)15-7-20)17-19-4-8-21(9-5-19)22-10-12-23(13-11-22)25(28)29;3-2(4,5)1(6)7/h4-15H,2-3,16-18H2,1H3,(H,28,29);(H,6,7). The Morgan fingerprint density at radius 2 is 1.22 bits per heavy atom. The van der Waals surface area contributed by atoms with Gasteiger partial charge in [-0.1, -0.05) is 73.5 Å². The van der Waals surface area contributed by atoms with Crippen LogP contribution < -0.4 is 0 Å². The van der Waals surface area contributed by atoms with E-state index in [0.29, 0.717) is 5.56 Å². The van der Waals surface area contributed by atoms with E-state index in [1.807, 2.05) is 24.3 Å². The van der Waals surface area contributed by atoms with E-state index in [9.17, 15) is 18.0 Å². The SMILES string of the molecule is CCCCN(Cc1ccc(Cl)cc1)Cc1ccc(-c2ccc(C(=O)O)cc2)cc1.O=C(O)C(F)(F)F. The minimum absolute atomic E-state index is 0.305. The van der Waals surface area contributed by atoms with E-state index in [0.717, 1.165) is 35.8 Å². The van der Waals surface area contributed by atoms with Gasteiger partial charge in [0.1, 0.15) is 0 Å². The number of carboxylic acid groups (broad SMARTS) is 2. The van der Waals surface area contributed by atoms with Gasteiger partial charge in [0.25, 0.3) is 0 Å². The Morgan fingerprint density at radius 1 is 0.806 bits per heavy atom. The van der Waals surface area contributed by atoms with E-state index in [1.54, 1.807) is 12.1 Å². The molecule has 0 fully saturated rings. The summed E-state index contributed by atoms with van der Waals surface area (Å²) in [6.07, 6.45) is -2.75. The first kappa shape index (κ1) is 28.9. The van der Waals surface area contributed by atoms with Gasteiger partial charge in [-0.25, -0.2) is 9.59 Å². The highest BCUT2D eigenvalue weighted by molar-refractivity contribution is 6.30. The van der Waals surface area contributed by atoms with Gasteiger partial charge in [-0.05, 0) is 59.5 Å². The molecule has 3 aromatic carbocycles. The van der Waals surface area contributed by atoms with E-state index < -0.39 is 18.1 Å². The number of halogens is 4. The Morgan fingerprint density at radius 3 is 1.61 bits per heavy atom. The lowest BCUT2D eigenvalue weighted by atomic mass is 10.0. The average Bonchev–Trinajstić information content (AvgIpc) is 2.84. The van der Waals surface area contributed by atoms with Crippen LogP contribution in [-0.2, 0) is 17.9 Å². The lowest BCUT2D eigenvalue weighted by Crippen LogP contribution is -2.24. The second kappa shape index (κ2) is 13.7. The third-order valence-electron chi connectivity index (χ3n) is 5.22. The van der Waals surface area contributed by atoms with Crippen molar-refractivity contribution in [3.63, 3.8) is 0 Å². The molecule has 0 saturated carbocycles. The Labute approximate surface area is 212 Å². The number of nitrogens with zero attached hydrogens (tertiary/aromatic N) is 1. The molecule has 0 saturated heterocycles. The summed E-state index contributed by atoms with van der Waals surface area (Å²) in [6, 6.07) is 23.6. The van der Waals surface area contributed by atoms with Crippen LogP contribution in [-0.4, -0.2) is 39.8 Å². The number of unbranched alkanes of at least 4 members (excludes halogenated alkanes) is 1. The molecule has 3 rings (SSSR count). The molecule has 0 aromatic heterocycles. The first-order chi connectivity index (χ1) is 17.0. The molecule has 0 aliphatic carbocycles. The maximum absolute atomic E-state index is 11.0. The Kier molecular flexibility index (Phi) is 11.0. The van der Waals surface area contributed by atoms with E-state index in [2.05, 4.69) is 48.2 Å². The number of alkyl halides is 3. The molecule has 0 spiro atoms. The molecule has 36 heavy (non-hydrogen) atoms. The van der Waals surface area contributed by atoms with Crippen molar-refractivity contribution in [2.75, 3.05) is 6.54 Å². The van der Waals surface area contributed by atoms with Crippen molar-refractivity contribution >= 4 is 23.5 Å². The lowest BCUT2D eigenvalue weighted by Gasteiger charge is -2.22. The average molecular weight is 522 g/mol. The van der Waals surface area contributed by atoms with Gasteiger partial charge in [-0.3, -0.25) is 4.90 Å². The van der Waals surface area contributed by atoms with Crippen molar-refractivity contribution in [1.82, 2.24) is 4.90 Å². The van der Waals surface area contributed by atoms with Gasteiger partial charge >= 0.3 is 18.1 Å². The van der Waals surface area contributed by atoms with Crippen LogP contribution in [0.4, 0.5) is 13.2 Å². The van der Waals surface area contributed by atoms with Crippen molar-refractivity contribution in [2.45, 2.75) is 39.0 Å². The molecule has 0 atom stereocenters. The Hall–Kier alpha value is -3.36. The van der Waals surface area contributed by atoms with Gasteiger partial charge in [0.05, 0.1) is 5.56 Å². The smallest absolute Gasteiger partial charge is 0.478 e. The minimum atomic E-state index is -5.08. The molecule has 5 nitrogen and oxygen atoms in total. The number of hydrogen-bond donors (Lipinski definition) is 2. The zero-order valence-electron chi connectivity index (χ0n) is 19.6. The first-order valence-electron chi connectivity index (χ1n) is 11.2. The van der Waals surface area contributed by atoms with E-state index >= 15 is 0 Å². The predicted molar refractivity (Wildman–Crippen MR) is 133 cm³/mol. The van der Waals surface area contributed by atoms with Crippen LogP contribution in [0.1, 0.15) is 41.3 Å². The minimum Gasteiger partial charge on any atom is -0.478 e. The number of aromatic carboxylic acids is 1. The second-order valence-electron chi connectivity index (χ2n) is 8.07. The summed E-state index contributed by atoms with van der Waals surface area (Å²) in [6.45, 7) is 5.05. The van der Waals surface area contributed by atoms with Crippen molar-refractivity contribution in [1.29, 1.82) is 0 Å². The molecule has 0 unspecified atom stereocenters. The summed E-state index contributed by atoms with van der Waals surface area (Å²) in [5.41, 5.74) is 4.94. The normalized spacial score (nSPS) is 11.1. The van der Waals surface area contributed by atoms with Crippen molar-refractivity contribution in [2.24, 2.45) is 0 Å². The number of carboxylic acids is 2. The number of carbonyl (C=O) groups is 2. The maximum atomic E-state index is 11.0. The summed E-state index contributed by atoms with van der Waals surface area (Å²) >= 11 is 6.01. The Bertz CT molecular complexity index is 1120. The summed E-state index contributed by atoms with van der Waals surface area (Å²) in [5.74, 6) is -3.66. The van der Waals surface area contributed by atoms with Crippen LogP contribution >= 0.6 is 11.6 Å². The third kappa shape index (κ3) is 9.71. The van der Waals surface area contributed by atoms with E-state index in [-0.39, 0.29) is 0 Å².